The van der Waals surface area contributed by atoms with Gasteiger partial charge in [0.2, 0.25) is 0 Å². The minimum Gasteiger partial charge on any atom is -0.507 e. The third-order valence-electron chi connectivity index (χ3n) is 4.18. The van der Waals surface area contributed by atoms with E-state index in [0.717, 1.165) is 0 Å². The van der Waals surface area contributed by atoms with Crippen molar-refractivity contribution in [1.82, 2.24) is 4.90 Å². The second-order valence-corrected chi connectivity index (χ2v) is 8.21. The van der Waals surface area contributed by atoms with Crippen molar-refractivity contribution in [2.45, 2.75) is 52.2 Å². The van der Waals surface area contributed by atoms with Crippen molar-refractivity contribution in [3.63, 3.8) is 0 Å². The number of amides is 1. The van der Waals surface area contributed by atoms with Gasteiger partial charge in [0.05, 0.1) is 15.6 Å². The lowest BCUT2D eigenvalue weighted by Gasteiger charge is -2.37. The second kappa shape index (κ2) is 7.42. The second-order valence-electron chi connectivity index (χ2n) is 7.39. The molecule has 1 heterocycles. The Balaban J connectivity index is 2.09. The van der Waals surface area contributed by atoms with E-state index in [1.165, 1.54) is 12.1 Å². The molecular formula is C18H23Cl2NO4. The van der Waals surface area contributed by atoms with Gasteiger partial charge in [0.1, 0.15) is 11.4 Å². The Labute approximate surface area is 157 Å². The first-order valence-corrected chi connectivity index (χ1v) is 8.97. The molecule has 2 atom stereocenters. The molecule has 0 aromatic heterocycles. The van der Waals surface area contributed by atoms with E-state index in [0.29, 0.717) is 19.4 Å². The number of carbonyl (C=O) groups excluding carboxylic acids is 2. The average Bonchev–Trinajstić information content (AvgIpc) is 2.48. The van der Waals surface area contributed by atoms with Gasteiger partial charge in [-0.25, -0.2) is 4.79 Å². The molecule has 25 heavy (non-hydrogen) atoms. The Morgan fingerprint density at radius 1 is 1.24 bits per heavy atom. The van der Waals surface area contributed by atoms with Crippen molar-refractivity contribution in [1.29, 1.82) is 0 Å². The van der Waals surface area contributed by atoms with Crippen LogP contribution in [0.2, 0.25) is 10.0 Å². The molecule has 1 aliphatic rings. The summed E-state index contributed by atoms with van der Waals surface area (Å²) in [5, 5.41) is 10.4. The number of ketones is 1. The first-order valence-electron chi connectivity index (χ1n) is 8.21. The van der Waals surface area contributed by atoms with Crippen molar-refractivity contribution in [3.05, 3.63) is 27.7 Å². The Kier molecular flexibility index (Phi) is 5.89. The molecule has 1 fully saturated rings. The van der Waals surface area contributed by atoms with Gasteiger partial charge in [0.15, 0.2) is 5.78 Å². The average molecular weight is 388 g/mol. The van der Waals surface area contributed by atoms with Gasteiger partial charge < -0.3 is 14.7 Å². The van der Waals surface area contributed by atoms with E-state index < -0.39 is 5.60 Å². The van der Waals surface area contributed by atoms with E-state index in [-0.39, 0.29) is 45.2 Å². The van der Waals surface area contributed by atoms with Crippen molar-refractivity contribution < 1.29 is 19.4 Å². The molecule has 7 heteroatoms. The lowest BCUT2D eigenvalue weighted by atomic mass is 9.85. The van der Waals surface area contributed by atoms with Gasteiger partial charge in [0.25, 0.3) is 0 Å². The zero-order valence-electron chi connectivity index (χ0n) is 14.8. The van der Waals surface area contributed by atoms with Gasteiger partial charge in [-0.1, -0.05) is 23.2 Å². The molecule has 1 saturated heterocycles. The minimum absolute atomic E-state index is 0.137. The summed E-state index contributed by atoms with van der Waals surface area (Å²) >= 11 is 11.8. The first-order chi connectivity index (χ1) is 11.5. The first kappa shape index (κ1) is 19.9. The number of benzene rings is 1. The lowest BCUT2D eigenvalue weighted by Crippen LogP contribution is -2.47. The lowest BCUT2D eigenvalue weighted by molar-refractivity contribution is 0.00733. The summed E-state index contributed by atoms with van der Waals surface area (Å²) in [6, 6.07) is 2.53. The fourth-order valence-electron chi connectivity index (χ4n) is 2.96. The minimum atomic E-state index is -0.560. The number of hydrogen-bond donors (Lipinski definition) is 1. The van der Waals surface area contributed by atoms with Gasteiger partial charge in [-0.05, 0) is 46.6 Å². The molecule has 0 radical (unpaired) electrons. The Bertz CT molecular complexity index is 684. The van der Waals surface area contributed by atoms with Crippen LogP contribution in [-0.2, 0) is 4.74 Å². The van der Waals surface area contributed by atoms with Crippen LogP contribution < -0.4 is 0 Å². The normalized spacial score (nSPS) is 21.1. The number of hydrogen-bond acceptors (Lipinski definition) is 4. The number of rotatable bonds is 2. The van der Waals surface area contributed by atoms with Gasteiger partial charge in [-0.15, -0.1) is 0 Å². The molecule has 2 rings (SSSR count). The summed E-state index contributed by atoms with van der Waals surface area (Å²) in [5.41, 5.74) is -0.396. The number of aromatic hydroxyl groups is 1. The Morgan fingerprint density at radius 3 is 2.40 bits per heavy atom. The molecule has 0 saturated carbocycles. The zero-order chi connectivity index (χ0) is 18.9. The number of phenolic OH excluding ortho intramolecular Hbond substituents is 1. The van der Waals surface area contributed by atoms with Crippen LogP contribution in [0, 0.1) is 5.92 Å². The Hall–Kier alpha value is -1.46. The van der Waals surface area contributed by atoms with E-state index in [4.69, 9.17) is 27.9 Å². The Morgan fingerprint density at radius 2 is 1.84 bits per heavy atom. The van der Waals surface area contributed by atoms with Crippen LogP contribution in [0.5, 0.6) is 5.75 Å². The third-order valence-corrected chi connectivity index (χ3v) is 4.90. The molecule has 1 aromatic rings. The SMILES string of the molecule is CC1CC(C(=O)c2cc(Cl)c(Cl)cc2O)CCN1C(=O)OC(C)(C)C. The summed E-state index contributed by atoms with van der Waals surface area (Å²) in [4.78, 5) is 26.6. The molecule has 1 aromatic carbocycles. The van der Waals surface area contributed by atoms with Crippen LogP contribution >= 0.6 is 23.2 Å². The predicted octanol–water partition coefficient (Wildman–Crippen LogP) is 4.92. The fraction of sp³-hybridized carbons (Fsp3) is 0.556. The molecule has 5 nitrogen and oxygen atoms in total. The molecule has 1 aliphatic heterocycles. The van der Waals surface area contributed by atoms with E-state index in [1.807, 2.05) is 27.7 Å². The van der Waals surface area contributed by atoms with Gasteiger partial charge in [0, 0.05) is 24.6 Å². The summed E-state index contributed by atoms with van der Waals surface area (Å²) in [6.07, 6.45) is 0.628. The van der Waals surface area contributed by atoms with Crippen LogP contribution in [0.1, 0.15) is 50.9 Å². The zero-order valence-corrected chi connectivity index (χ0v) is 16.3. The molecule has 138 valence electrons. The van der Waals surface area contributed by atoms with Crippen LogP contribution in [0.3, 0.4) is 0 Å². The fourth-order valence-corrected chi connectivity index (χ4v) is 3.28. The highest BCUT2D eigenvalue weighted by Gasteiger charge is 2.35. The van der Waals surface area contributed by atoms with E-state index in [1.54, 1.807) is 4.90 Å². The molecule has 0 spiro atoms. The number of likely N-dealkylation sites (tertiary alicyclic amines) is 1. The van der Waals surface area contributed by atoms with Crippen LogP contribution in [0.15, 0.2) is 12.1 Å². The highest BCUT2D eigenvalue weighted by atomic mass is 35.5. The van der Waals surface area contributed by atoms with Crippen molar-refractivity contribution >= 4 is 35.1 Å². The van der Waals surface area contributed by atoms with Crippen LogP contribution in [0.25, 0.3) is 0 Å². The number of carbonyl (C=O) groups is 2. The summed E-state index contributed by atoms with van der Waals surface area (Å²) in [7, 11) is 0. The molecule has 2 unspecified atom stereocenters. The standard InChI is InChI=1S/C18H23Cl2NO4/c1-10-7-11(5-6-21(10)17(24)25-18(2,3)4)16(23)12-8-13(19)14(20)9-15(12)22/h8-11,22H,5-7H2,1-4H3. The van der Waals surface area contributed by atoms with Gasteiger partial charge >= 0.3 is 6.09 Å². The number of halogens is 2. The molecule has 0 aliphatic carbocycles. The molecule has 1 N–H and O–H groups in total. The van der Waals surface area contributed by atoms with Crippen LogP contribution in [0.4, 0.5) is 4.79 Å². The number of piperidine rings is 1. The maximum atomic E-state index is 12.7. The molecule has 1 amide bonds. The maximum absolute atomic E-state index is 12.7. The maximum Gasteiger partial charge on any atom is 0.410 e. The van der Waals surface area contributed by atoms with Gasteiger partial charge in [-0.2, -0.15) is 0 Å². The van der Waals surface area contributed by atoms with E-state index in [9.17, 15) is 14.7 Å². The quantitative estimate of drug-likeness (QED) is 0.731. The van der Waals surface area contributed by atoms with Crippen molar-refractivity contribution in [3.8, 4) is 5.75 Å². The summed E-state index contributed by atoms with van der Waals surface area (Å²) in [6.45, 7) is 7.77. The summed E-state index contributed by atoms with van der Waals surface area (Å²) in [5.74, 6) is -0.662. The van der Waals surface area contributed by atoms with Crippen molar-refractivity contribution in [2.24, 2.45) is 5.92 Å². The number of Topliss-reactive ketones (excluding diaryl/α,β-unsaturated/α-hetero) is 1. The number of nitrogens with zero attached hydrogens (tertiary/aromatic N) is 1. The van der Waals surface area contributed by atoms with Crippen LogP contribution in [-0.4, -0.2) is 40.1 Å². The largest absolute Gasteiger partial charge is 0.507 e. The topological polar surface area (TPSA) is 66.8 Å². The highest BCUT2D eigenvalue weighted by molar-refractivity contribution is 6.42. The van der Waals surface area contributed by atoms with Crippen molar-refractivity contribution in [2.75, 3.05) is 6.54 Å². The van der Waals surface area contributed by atoms with E-state index in [2.05, 4.69) is 0 Å². The monoisotopic (exact) mass is 387 g/mol. The summed E-state index contributed by atoms with van der Waals surface area (Å²) < 4.78 is 5.41. The smallest absolute Gasteiger partial charge is 0.410 e. The molecular weight excluding hydrogens is 365 g/mol. The molecule has 0 bridgehead atoms. The number of ether oxygens (including phenoxy) is 1. The predicted molar refractivity (Wildman–Crippen MR) is 97.6 cm³/mol. The van der Waals surface area contributed by atoms with Gasteiger partial charge in [-0.3, -0.25) is 4.79 Å². The third kappa shape index (κ3) is 4.79. The van der Waals surface area contributed by atoms with E-state index >= 15 is 0 Å². The highest BCUT2D eigenvalue weighted by Crippen LogP contribution is 2.34. The number of phenols is 1.